The summed E-state index contributed by atoms with van der Waals surface area (Å²) in [6.07, 6.45) is 4.19. The number of piperidine rings is 3. The molecule has 3 N–H and O–H groups in total. The fraction of sp³-hybridized carbons (Fsp3) is 0.543. The number of anilines is 1. The minimum Gasteiger partial charge on any atom is -0.506 e. The van der Waals surface area contributed by atoms with Crippen LogP contribution in [0.4, 0.5) is 15.3 Å². The first-order chi connectivity index (χ1) is 23.6. The molecule has 0 aromatic heterocycles. The highest BCUT2D eigenvalue weighted by Crippen LogP contribution is 2.34. The molecule has 4 aliphatic rings. The van der Waals surface area contributed by atoms with Gasteiger partial charge in [-0.25, -0.2) is 9.59 Å². The number of benzene rings is 2. The highest BCUT2D eigenvalue weighted by atomic mass is 79.9. The van der Waals surface area contributed by atoms with Crippen molar-refractivity contribution < 1.29 is 34.1 Å². The summed E-state index contributed by atoms with van der Waals surface area (Å²) in [6.45, 7) is 3.00. The van der Waals surface area contributed by atoms with Gasteiger partial charge in [-0.1, -0.05) is 24.6 Å². The normalized spacial score (nSPS) is 21.8. The molecule has 12 nitrogen and oxygen atoms in total. The molecule has 2 aromatic carbocycles. The first kappa shape index (κ1) is 35.5. The molecule has 2 atom stereocenters. The average Bonchev–Trinajstić information content (AvgIpc) is 3.28. The number of aliphatic carboxylic acids is 1. The predicted molar refractivity (Wildman–Crippen MR) is 190 cm³/mol. The van der Waals surface area contributed by atoms with E-state index < -0.39 is 24.2 Å². The number of fused-ring (bicyclic) bond motifs is 1. The standard InChI is InChI=1S/C35H43Br2N5O7/c36-26-19-22(20-27(37)31(26)43)21-30(32(44)39-14-9-24(10-15-39)41-13-4-3-7-29(41)33(45)46)49-35(48)40-16-11-25(12-17-40)42-18-8-23-5-1-2-6-28(23)38-34(42)47/h1-2,5-6,19-20,24-25,29-30,43H,3-4,7-18,21H2,(H,38,47)(H,45,46)/t29-,30+/m0/s1. The first-order valence-electron chi connectivity index (χ1n) is 17.1. The fourth-order valence-electron chi connectivity index (χ4n) is 7.70. The Labute approximate surface area is 303 Å². The lowest BCUT2D eigenvalue weighted by molar-refractivity contribution is -0.148. The van der Waals surface area contributed by atoms with E-state index in [1.54, 1.807) is 21.9 Å². The molecule has 14 heteroatoms. The number of nitrogens with one attached hydrogen (secondary N) is 1. The number of carboxylic acids is 1. The van der Waals surface area contributed by atoms with Crippen LogP contribution in [0.15, 0.2) is 45.3 Å². The third-order valence-corrected chi connectivity index (χ3v) is 11.6. The molecule has 4 aliphatic heterocycles. The van der Waals surface area contributed by atoms with Crippen LogP contribution < -0.4 is 5.32 Å². The van der Waals surface area contributed by atoms with E-state index >= 15 is 0 Å². The van der Waals surface area contributed by atoms with Crippen LogP contribution >= 0.6 is 31.9 Å². The molecule has 0 radical (unpaired) electrons. The Morgan fingerprint density at radius 2 is 1.53 bits per heavy atom. The van der Waals surface area contributed by atoms with Gasteiger partial charge < -0.3 is 35.0 Å². The number of aromatic hydroxyl groups is 1. The quantitative estimate of drug-likeness (QED) is 0.336. The van der Waals surface area contributed by atoms with E-state index in [2.05, 4.69) is 42.1 Å². The largest absolute Gasteiger partial charge is 0.506 e. The van der Waals surface area contributed by atoms with E-state index in [1.165, 1.54) is 0 Å². The molecule has 0 bridgehead atoms. The highest BCUT2D eigenvalue weighted by molar-refractivity contribution is 9.11. The lowest BCUT2D eigenvalue weighted by atomic mass is 9.94. The molecule has 4 heterocycles. The maximum atomic E-state index is 14.0. The van der Waals surface area contributed by atoms with E-state index in [0.29, 0.717) is 79.3 Å². The van der Waals surface area contributed by atoms with E-state index in [4.69, 9.17) is 4.74 Å². The topological polar surface area (TPSA) is 143 Å². The van der Waals surface area contributed by atoms with Crippen LogP contribution in [0, 0.1) is 0 Å². The van der Waals surface area contributed by atoms with Gasteiger partial charge in [0, 0.05) is 56.9 Å². The summed E-state index contributed by atoms with van der Waals surface area (Å²) in [5.74, 6) is -1.05. The fourth-order valence-corrected chi connectivity index (χ4v) is 8.98. The van der Waals surface area contributed by atoms with E-state index in [9.17, 15) is 29.4 Å². The molecule has 2 aromatic rings. The van der Waals surface area contributed by atoms with Crippen molar-refractivity contribution in [3.63, 3.8) is 0 Å². The van der Waals surface area contributed by atoms with Gasteiger partial charge in [0.1, 0.15) is 11.8 Å². The number of carbonyl (C=O) groups is 4. The molecule has 0 unspecified atom stereocenters. The van der Waals surface area contributed by atoms with Crippen molar-refractivity contribution in [1.82, 2.24) is 19.6 Å². The monoisotopic (exact) mass is 803 g/mol. The maximum Gasteiger partial charge on any atom is 0.410 e. The number of rotatable bonds is 7. The average molecular weight is 806 g/mol. The summed E-state index contributed by atoms with van der Waals surface area (Å²) in [4.78, 5) is 59.9. The number of phenols is 1. The van der Waals surface area contributed by atoms with Gasteiger partial charge in [0.15, 0.2) is 6.10 Å². The van der Waals surface area contributed by atoms with E-state index in [-0.39, 0.29) is 36.2 Å². The number of ether oxygens (including phenoxy) is 1. The Bertz CT molecular complexity index is 1540. The first-order valence-corrected chi connectivity index (χ1v) is 18.7. The Hall–Kier alpha value is -3.36. The Kier molecular flexibility index (Phi) is 11.3. The Morgan fingerprint density at radius 1 is 0.878 bits per heavy atom. The maximum absolute atomic E-state index is 14.0. The number of urea groups is 1. The van der Waals surface area contributed by atoms with Gasteiger partial charge in [0.2, 0.25) is 0 Å². The molecule has 264 valence electrons. The molecule has 4 amide bonds. The van der Waals surface area contributed by atoms with Gasteiger partial charge in [0.05, 0.1) is 8.95 Å². The van der Waals surface area contributed by atoms with Gasteiger partial charge in [-0.2, -0.15) is 0 Å². The Morgan fingerprint density at radius 3 is 2.22 bits per heavy atom. The zero-order valence-corrected chi connectivity index (χ0v) is 30.5. The number of phenolic OH excluding ortho intramolecular Hbond substituents is 1. The highest BCUT2D eigenvalue weighted by Gasteiger charge is 2.39. The number of hydrogen-bond donors (Lipinski definition) is 3. The summed E-state index contributed by atoms with van der Waals surface area (Å²) in [7, 11) is 0. The van der Waals surface area contributed by atoms with Crippen molar-refractivity contribution in [3.8, 4) is 5.75 Å². The van der Waals surface area contributed by atoms with E-state index in [1.807, 2.05) is 29.2 Å². The minimum atomic E-state index is -1.10. The molecule has 6 rings (SSSR count). The number of hydrogen-bond acceptors (Lipinski definition) is 7. The Balaban J connectivity index is 1.09. The summed E-state index contributed by atoms with van der Waals surface area (Å²) in [5, 5.41) is 23.0. The number of nitrogens with zero attached hydrogens (tertiary/aromatic N) is 4. The lowest BCUT2D eigenvalue weighted by Gasteiger charge is -2.43. The van der Waals surface area contributed by atoms with Crippen molar-refractivity contribution in [1.29, 1.82) is 0 Å². The van der Waals surface area contributed by atoms with Crippen molar-refractivity contribution >= 4 is 61.5 Å². The van der Waals surface area contributed by atoms with Gasteiger partial charge >= 0.3 is 18.1 Å². The molecule has 3 saturated heterocycles. The van der Waals surface area contributed by atoms with E-state index in [0.717, 1.165) is 37.1 Å². The third-order valence-electron chi connectivity index (χ3n) is 10.4. The number of halogens is 2. The molecule has 49 heavy (non-hydrogen) atoms. The SMILES string of the molecule is O=C(O)[C@@H]1CCCCN1C1CCN(C(=O)[C@@H](Cc2cc(Br)c(O)c(Br)c2)OC(=O)N2CCC(N3CCc4ccccc4NC3=O)CC2)CC1. The summed E-state index contributed by atoms with van der Waals surface area (Å²) >= 11 is 6.72. The van der Waals surface area contributed by atoms with Crippen LogP contribution in [0.25, 0.3) is 0 Å². The van der Waals surface area contributed by atoms with Crippen LogP contribution in [-0.2, 0) is 27.2 Å². The molecule has 0 aliphatic carbocycles. The van der Waals surface area contributed by atoms with Crippen molar-refractivity contribution in [2.24, 2.45) is 0 Å². The van der Waals surface area contributed by atoms with Gasteiger partial charge in [-0.3, -0.25) is 14.5 Å². The zero-order chi connectivity index (χ0) is 34.7. The minimum absolute atomic E-state index is 0.0237. The predicted octanol–water partition coefficient (Wildman–Crippen LogP) is 5.45. The number of amides is 4. The summed E-state index contributed by atoms with van der Waals surface area (Å²) < 4.78 is 6.90. The second kappa shape index (κ2) is 15.7. The molecular weight excluding hydrogens is 762 g/mol. The van der Waals surface area contributed by atoms with Crippen LogP contribution in [-0.4, -0.2) is 117 Å². The van der Waals surface area contributed by atoms with Crippen LogP contribution in [0.2, 0.25) is 0 Å². The third kappa shape index (κ3) is 8.18. The number of carbonyl (C=O) groups excluding carboxylic acids is 3. The summed E-state index contributed by atoms with van der Waals surface area (Å²) in [6, 6.07) is 10.7. The van der Waals surface area contributed by atoms with Gasteiger partial charge in [-0.05, 0) is 113 Å². The van der Waals surface area contributed by atoms with Crippen molar-refractivity contribution in [2.45, 2.75) is 82.0 Å². The second-order valence-electron chi connectivity index (χ2n) is 13.4. The van der Waals surface area contributed by atoms with Crippen LogP contribution in [0.3, 0.4) is 0 Å². The zero-order valence-electron chi connectivity index (χ0n) is 27.4. The van der Waals surface area contributed by atoms with Crippen molar-refractivity contribution in [2.75, 3.05) is 44.6 Å². The summed E-state index contributed by atoms with van der Waals surface area (Å²) in [5.41, 5.74) is 2.63. The lowest BCUT2D eigenvalue weighted by Crippen LogP contribution is -2.55. The van der Waals surface area contributed by atoms with Crippen LogP contribution in [0.1, 0.15) is 56.1 Å². The molecule has 0 saturated carbocycles. The number of likely N-dealkylation sites (tertiary alicyclic amines) is 3. The van der Waals surface area contributed by atoms with Gasteiger partial charge in [-0.15, -0.1) is 0 Å². The van der Waals surface area contributed by atoms with Crippen molar-refractivity contribution in [3.05, 3.63) is 56.5 Å². The molecule has 3 fully saturated rings. The smallest absolute Gasteiger partial charge is 0.410 e. The number of para-hydroxylation sites is 1. The number of carboxylic acid groups (broad SMARTS) is 1. The van der Waals surface area contributed by atoms with Crippen LogP contribution in [0.5, 0.6) is 5.75 Å². The second-order valence-corrected chi connectivity index (χ2v) is 15.1. The molecule has 0 spiro atoms. The van der Waals surface area contributed by atoms with Gasteiger partial charge in [0.25, 0.3) is 5.91 Å². The molecular formula is C35H43Br2N5O7.